The molecule has 0 aliphatic heterocycles. The number of carbonyl (C=O) groups is 1. The van der Waals surface area contributed by atoms with Crippen molar-refractivity contribution < 1.29 is 4.79 Å². The first-order chi connectivity index (χ1) is 10.1. The summed E-state index contributed by atoms with van der Waals surface area (Å²) in [5, 5.41) is 2.73. The second-order valence-corrected chi connectivity index (χ2v) is 5.62. The van der Waals surface area contributed by atoms with Crippen molar-refractivity contribution in [2.75, 3.05) is 5.32 Å². The molecule has 0 saturated carbocycles. The van der Waals surface area contributed by atoms with Crippen LogP contribution in [0, 0.1) is 5.92 Å². The van der Waals surface area contributed by atoms with E-state index in [2.05, 4.69) is 41.3 Å². The maximum atomic E-state index is 12.2. The maximum absolute atomic E-state index is 12.2. The summed E-state index contributed by atoms with van der Waals surface area (Å²) in [5.74, 6) is 0.636. The number of carbonyl (C=O) groups excluding carboxylic acids is 1. The molecule has 0 aliphatic carbocycles. The van der Waals surface area contributed by atoms with Crippen LogP contribution >= 0.6 is 0 Å². The van der Waals surface area contributed by atoms with E-state index in [1.54, 1.807) is 18.5 Å². The van der Waals surface area contributed by atoms with Crippen LogP contribution in [0.1, 0.15) is 37.8 Å². The molecule has 0 fully saturated rings. The van der Waals surface area contributed by atoms with E-state index in [-0.39, 0.29) is 11.8 Å². The molecular weight excluding hydrogens is 262 g/mol. The van der Waals surface area contributed by atoms with Gasteiger partial charge in [-0.25, -0.2) is 9.97 Å². The molecular formula is C17H21N3O. The van der Waals surface area contributed by atoms with Gasteiger partial charge in [0.1, 0.15) is 0 Å². The van der Waals surface area contributed by atoms with Gasteiger partial charge in [0, 0.05) is 12.4 Å². The molecule has 0 aliphatic rings. The van der Waals surface area contributed by atoms with Gasteiger partial charge in [0.15, 0.2) is 0 Å². The Kier molecular flexibility index (Phi) is 5.04. The maximum Gasteiger partial charge on any atom is 0.233 e. The first-order valence-corrected chi connectivity index (χ1v) is 7.23. The second kappa shape index (κ2) is 6.97. The standard InChI is InChI=1S/C17H21N3O/c1-12(2)11-14-5-7-15(8-6-14)13(3)16(21)20-17-18-9-4-10-19-17/h4-10,12-13H,11H2,1-3H3,(H,18,19,20,21)/t13-/m1/s1. The number of hydrogen-bond acceptors (Lipinski definition) is 3. The van der Waals surface area contributed by atoms with Crippen LogP contribution in [0.25, 0.3) is 0 Å². The van der Waals surface area contributed by atoms with Gasteiger partial charge in [0.2, 0.25) is 11.9 Å². The monoisotopic (exact) mass is 283 g/mol. The summed E-state index contributed by atoms with van der Waals surface area (Å²) in [7, 11) is 0. The van der Waals surface area contributed by atoms with Crippen LogP contribution < -0.4 is 5.32 Å². The molecule has 1 aromatic carbocycles. The smallest absolute Gasteiger partial charge is 0.233 e. The zero-order chi connectivity index (χ0) is 15.2. The molecule has 1 amide bonds. The van der Waals surface area contributed by atoms with Gasteiger partial charge in [-0.05, 0) is 36.5 Å². The highest BCUT2D eigenvalue weighted by atomic mass is 16.2. The minimum absolute atomic E-state index is 0.0993. The van der Waals surface area contributed by atoms with Gasteiger partial charge in [0.25, 0.3) is 0 Å². The third-order valence-electron chi connectivity index (χ3n) is 3.32. The molecule has 1 aromatic heterocycles. The van der Waals surface area contributed by atoms with Crippen LogP contribution in [-0.2, 0) is 11.2 Å². The van der Waals surface area contributed by atoms with Crippen molar-refractivity contribution >= 4 is 11.9 Å². The summed E-state index contributed by atoms with van der Waals surface area (Å²) in [6, 6.07) is 9.95. The van der Waals surface area contributed by atoms with E-state index in [1.165, 1.54) is 5.56 Å². The van der Waals surface area contributed by atoms with E-state index in [0.29, 0.717) is 11.9 Å². The Morgan fingerprint density at radius 1 is 1.10 bits per heavy atom. The summed E-state index contributed by atoms with van der Waals surface area (Å²) >= 11 is 0. The average molecular weight is 283 g/mol. The van der Waals surface area contributed by atoms with Crippen molar-refractivity contribution in [3.63, 3.8) is 0 Å². The third kappa shape index (κ3) is 4.38. The van der Waals surface area contributed by atoms with Crippen LogP contribution in [0.2, 0.25) is 0 Å². The van der Waals surface area contributed by atoms with Crippen LogP contribution in [0.4, 0.5) is 5.95 Å². The third-order valence-corrected chi connectivity index (χ3v) is 3.32. The van der Waals surface area contributed by atoms with Gasteiger partial charge in [0.05, 0.1) is 5.92 Å². The van der Waals surface area contributed by atoms with Crippen LogP contribution in [-0.4, -0.2) is 15.9 Å². The number of nitrogens with one attached hydrogen (secondary N) is 1. The highest BCUT2D eigenvalue weighted by Crippen LogP contribution is 2.18. The minimum Gasteiger partial charge on any atom is -0.294 e. The SMILES string of the molecule is CC(C)Cc1ccc([C@@H](C)C(=O)Nc2ncccn2)cc1. The number of hydrogen-bond donors (Lipinski definition) is 1. The number of anilines is 1. The Bertz CT molecular complexity index is 579. The molecule has 4 heteroatoms. The molecule has 2 rings (SSSR count). The van der Waals surface area contributed by atoms with Crippen molar-refractivity contribution in [3.05, 3.63) is 53.9 Å². The molecule has 0 saturated heterocycles. The van der Waals surface area contributed by atoms with Crippen LogP contribution in [0.15, 0.2) is 42.7 Å². The fourth-order valence-corrected chi connectivity index (χ4v) is 2.15. The largest absolute Gasteiger partial charge is 0.294 e. The molecule has 2 aromatic rings. The first-order valence-electron chi connectivity index (χ1n) is 7.23. The van der Waals surface area contributed by atoms with E-state index in [4.69, 9.17) is 0 Å². The van der Waals surface area contributed by atoms with Gasteiger partial charge in [-0.15, -0.1) is 0 Å². The van der Waals surface area contributed by atoms with Crippen molar-refractivity contribution in [2.45, 2.75) is 33.1 Å². The van der Waals surface area contributed by atoms with E-state index in [9.17, 15) is 4.79 Å². The van der Waals surface area contributed by atoms with Crippen LogP contribution in [0.3, 0.4) is 0 Å². The molecule has 110 valence electrons. The Hall–Kier alpha value is -2.23. The molecule has 1 N–H and O–H groups in total. The second-order valence-electron chi connectivity index (χ2n) is 5.62. The van der Waals surface area contributed by atoms with Crippen molar-refractivity contribution in [3.8, 4) is 0 Å². The van der Waals surface area contributed by atoms with Gasteiger partial charge < -0.3 is 0 Å². The number of aromatic nitrogens is 2. The highest BCUT2D eigenvalue weighted by Gasteiger charge is 2.16. The molecule has 4 nitrogen and oxygen atoms in total. The molecule has 1 atom stereocenters. The minimum atomic E-state index is -0.234. The number of rotatable bonds is 5. The molecule has 0 radical (unpaired) electrons. The summed E-state index contributed by atoms with van der Waals surface area (Å²) in [6.45, 7) is 6.28. The summed E-state index contributed by atoms with van der Waals surface area (Å²) in [5.41, 5.74) is 2.30. The number of amides is 1. The van der Waals surface area contributed by atoms with Crippen molar-refractivity contribution in [1.82, 2.24) is 9.97 Å². The van der Waals surface area contributed by atoms with Gasteiger partial charge >= 0.3 is 0 Å². The lowest BCUT2D eigenvalue weighted by Gasteiger charge is -2.12. The molecule has 1 heterocycles. The number of benzene rings is 1. The van der Waals surface area contributed by atoms with E-state index < -0.39 is 0 Å². The summed E-state index contributed by atoms with van der Waals surface area (Å²) in [4.78, 5) is 20.2. The lowest BCUT2D eigenvalue weighted by molar-refractivity contribution is -0.117. The van der Waals surface area contributed by atoms with Gasteiger partial charge in [-0.2, -0.15) is 0 Å². The van der Waals surface area contributed by atoms with Crippen molar-refractivity contribution in [1.29, 1.82) is 0 Å². The van der Waals surface area contributed by atoms with Crippen molar-refractivity contribution in [2.24, 2.45) is 5.92 Å². The van der Waals surface area contributed by atoms with Gasteiger partial charge in [-0.3, -0.25) is 10.1 Å². The van der Waals surface area contributed by atoms with E-state index in [0.717, 1.165) is 12.0 Å². The quantitative estimate of drug-likeness (QED) is 0.914. The van der Waals surface area contributed by atoms with E-state index >= 15 is 0 Å². The lowest BCUT2D eigenvalue weighted by Crippen LogP contribution is -2.20. The van der Waals surface area contributed by atoms with Crippen LogP contribution in [0.5, 0.6) is 0 Å². The molecule has 0 spiro atoms. The lowest BCUT2D eigenvalue weighted by atomic mass is 9.96. The van der Waals surface area contributed by atoms with E-state index in [1.807, 2.05) is 19.1 Å². The average Bonchev–Trinajstić information content (AvgIpc) is 2.47. The highest BCUT2D eigenvalue weighted by molar-refractivity contribution is 5.94. The fraction of sp³-hybridized carbons (Fsp3) is 0.353. The Labute approximate surface area is 125 Å². The van der Waals surface area contributed by atoms with Gasteiger partial charge in [-0.1, -0.05) is 38.1 Å². The normalized spacial score (nSPS) is 12.2. The Morgan fingerprint density at radius 3 is 2.29 bits per heavy atom. The fourth-order valence-electron chi connectivity index (χ4n) is 2.15. The Morgan fingerprint density at radius 2 is 1.71 bits per heavy atom. The predicted octanol–water partition coefficient (Wildman–Crippen LogP) is 3.42. The zero-order valence-electron chi connectivity index (χ0n) is 12.7. The molecule has 21 heavy (non-hydrogen) atoms. The molecule has 0 bridgehead atoms. The number of nitrogens with zero attached hydrogens (tertiary/aromatic N) is 2. The summed E-state index contributed by atoms with van der Waals surface area (Å²) in [6.07, 6.45) is 4.26. The first kappa shape index (κ1) is 15.2. The molecule has 0 unspecified atom stereocenters. The predicted molar refractivity (Wildman–Crippen MR) is 84.1 cm³/mol. The topological polar surface area (TPSA) is 54.9 Å². The summed E-state index contributed by atoms with van der Waals surface area (Å²) < 4.78 is 0. The zero-order valence-corrected chi connectivity index (χ0v) is 12.7. The Balaban J connectivity index is 2.02.